The number of nitrogens with zero attached hydrogens (tertiary/aromatic N) is 1. The number of aryl methyl sites for hydroxylation is 1. The number of hydrogen-bond donors (Lipinski definition) is 2. The smallest absolute Gasteiger partial charge is 0.413 e. The van der Waals surface area contributed by atoms with Crippen molar-refractivity contribution in [1.29, 1.82) is 0 Å². The highest BCUT2D eigenvalue weighted by atomic mass is 32.2. The number of rotatable bonds is 5. The zero-order valence-corrected chi connectivity index (χ0v) is 18.4. The van der Waals surface area contributed by atoms with E-state index in [0.29, 0.717) is 11.6 Å². The first-order valence-electron chi connectivity index (χ1n) is 10.0. The molecule has 2 aromatic carbocycles. The largest absolute Gasteiger partial charge is 0.428 e. The average molecular weight is 432 g/mol. The summed E-state index contributed by atoms with van der Waals surface area (Å²) >= 11 is 0. The number of carbonyl (C=O) groups is 1. The van der Waals surface area contributed by atoms with Gasteiger partial charge in [0.05, 0.1) is 4.90 Å². The molecule has 30 heavy (non-hydrogen) atoms. The van der Waals surface area contributed by atoms with Gasteiger partial charge in [-0.1, -0.05) is 43.7 Å². The predicted molar refractivity (Wildman–Crippen MR) is 117 cm³/mol. The third kappa shape index (κ3) is 5.19. The molecule has 1 aliphatic heterocycles. The Bertz CT molecular complexity index is 978. The number of sulfonamides is 1. The Kier molecular flexibility index (Phi) is 6.50. The number of carbonyl (C=O) groups excluding carboxylic acids is 1. The summed E-state index contributed by atoms with van der Waals surface area (Å²) < 4.78 is 32.5. The molecule has 1 saturated heterocycles. The topological polar surface area (TPSA) is 102 Å². The van der Waals surface area contributed by atoms with Crippen molar-refractivity contribution >= 4 is 21.8 Å². The predicted octanol–water partition coefficient (Wildman–Crippen LogP) is 3.81. The van der Waals surface area contributed by atoms with E-state index >= 15 is 0 Å². The number of benzene rings is 2. The lowest BCUT2D eigenvalue weighted by molar-refractivity contribution is -0.0116. The summed E-state index contributed by atoms with van der Waals surface area (Å²) in [5, 5.41) is 2.68. The second kappa shape index (κ2) is 8.75. The lowest BCUT2D eigenvalue weighted by atomic mass is 10.0. The van der Waals surface area contributed by atoms with Crippen molar-refractivity contribution < 1.29 is 17.9 Å². The number of nitrogens with one attached hydrogen (secondary N) is 1. The van der Waals surface area contributed by atoms with Crippen LogP contribution in [0.1, 0.15) is 43.7 Å². The lowest BCUT2D eigenvalue weighted by Crippen LogP contribution is -2.54. The van der Waals surface area contributed by atoms with E-state index in [-0.39, 0.29) is 30.8 Å². The Hall–Kier alpha value is -2.42. The van der Waals surface area contributed by atoms with Gasteiger partial charge in [-0.25, -0.2) is 13.2 Å². The molecule has 0 radical (unpaired) electrons. The summed E-state index contributed by atoms with van der Waals surface area (Å²) in [4.78, 5) is 12.5. The van der Waals surface area contributed by atoms with Crippen LogP contribution in [0.2, 0.25) is 0 Å². The van der Waals surface area contributed by atoms with Crippen LogP contribution in [0, 0.1) is 6.92 Å². The molecule has 1 heterocycles. The fraction of sp³-hybridized carbons (Fsp3) is 0.409. The molecule has 0 spiro atoms. The molecular formula is C22H29N3O4S. The van der Waals surface area contributed by atoms with Crippen LogP contribution in [0.5, 0.6) is 0 Å². The third-order valence-electron chi connectivity index (χ3n) is 5.35. The van der Waals surface area contributed by atoms with E-state index in [0.717, 1.165) is 5.56 Å². The molecule has 0 saturated carbocycles. The quantitative estimate of drug-likeness (QED) is 0.701. The van der Waals surface area contributed by atoms with Gasteiger partial charge in [0.2, 0.25) is 10.0 Å². The minimum atomic E-state index is -3.60. The summed E-state index contributed by atoms with van der Waals surface area (Å²) in [6.07, 6.45) is -0.208. The fourth-order valence-electron chi connectivity index (χ4n) is 3.35. The van der Waals surface area contributed by atoms with E-state index < -0.39 is 21.8 Å². The Morgan fingerprint density at radius 2 is 1.63 bits per heavy atom. The molecule has 1 amide bonds. The molecule has 0 atom stereocenters. The molecule has 7 nitrogen and oxygen atoms in total. The van der Waals surface area contributed by atoms with E-state index in [1.54, 1.807) is 24.3 Å². The van der Waals surface area contributed by atoms with Crippen LogP contribution in [0.3, 0.4) is 0 Å². The molecule has 3 N–H and O–H groups in total. The minimum absolute atomic E-state index is 0.184. The van der Waals surface area contributed by atoms with Gasteiger partial charge in [-0.15, -0.1) is 0 Å². The highest BCUT2D eigenvalue weighted by Crippen LogP contribution is 2.27. The fourth-order valence-corrected chi connectivity index (χ4v) is 4.79. The first kappa shape index (κ1) is 22.3. The number of nitrogens with two attached hydrogens (primary N) is 1. The van der Waals surface area contributed by atoms with Crippen LogP contribution in [0.4, 0.5) is 10.5 Å². The maximum atomic E-state index is 12.8. The van der Waals surface area contributed by atoms with E-state index in [1.165, 1.54) is 9.87 Å². The summed E-state index contributed by atoms with van der Waals surface area (Å²) in [6, 6.07) is 14.3. The van der Waals surface area contributed by atoms with Gasteiger partial charge in [0.15, 0.2) is 5.72 Å². The second-order valence-electron chi connectivity index (χ2n) is 8.07. The molecule has 0 unspecified atom stereocenters. The van der Waals surface area contributed by atoms with E-state index in [2.05, 4.69) is 19.2 Å². The first-order valence-corrected chi connectivity index (χ1v) is 11.5. The molecule has 3 rings (SSSR count). The summed E-state index contributed by atoms with van der Waals surface area (Å²) in [6.45, 7) is 6.47. The molecule has 0 aliphatic carbocycles. The Balaban J connectivity index is 1.57. The van der Waals surface area contributed by atoms with Gasteiger partial charge in [0.25, 0.3) is 0 Å². The van der Waals surface area contributed by atoms with Crippen molar-refractivity contribution in [3.05, 3.63) is 59.7 Å². The van der Waals surface area contributed by atoms with Gasteiger partial charge in [0, 0.05) is 31.6 Å². The highest BCUT2D eigenvalue weighted by Gasteiger charge is 2.38. The zero-order valence-electron chi connectivity index (χ0n) is 17.6. The SMILES string of the molecule is Cc1ccc(S(=O)(=O)N2CCC(N)(OC(=O)Nc3ccc(C(C)C)cc3)CC2)cc1. The van der Waals surface area contributed by atoms with Crippen LogP contribution in [0.15, 0.2) is 53.4 Å². The van der Waals surface area contributed by atoms with E-state index in [4.69, 9.17) is 10.5 Å². The summed E-state index contributed by atoms with van der Waals surface area (Å²) in [7, 11) is -3.60. The monoisotopic (exact) mass is 431 g/mol. The highest BCUT2D eigenvalue weighted by molar-refractivity contribution is 7.89. The molecule has 1 fully saturated rings. The van der Waals surface area contributed by atoms with Crippen LogP contribution >= 0.6 is 0 Å². The van der Waals surface area contributed by atoms with Gasteiger partial charge in [-0.2, -0.15) is 4.31 Å². The molecule has 2 aromatic rings. The molecule has 0 aromatic heterocycles. The normalized spacial score (nSPS) is 17.0. The third-order valence-corrected chi connectivity index (χ3v) is 7.26. The van der Waals surface area contributed by atoms with Crippen LogP contribution in [-0.4, -0.2) is 37.6 Å². The summed E-state index contributed by atoms with van der Waals surface area (Å²) in [5.74, 6) is 0.402. The number of ether oxygens (including phenoxy) is 1. The van der Waals surface area contributed by atoms with Gasteiger partial charge >= 0.3 is 6.09 Å². The second-order valence-corrected chi connectivity index (χ2v) is 10.0. The van der Waals surface area contributed by atoms with Gasteiger partial charge in [0.1, 0.15) is 0 Å². The number of piperidine rings is 1. The number of anilines is 1. The molecular weight excluding hydrogens is 402 g/mol. The lowest BCUT2D eigenvalue weighted by Gasteiger charge is -2.37. The Labute approximate surface area is 178 Å². The Morgan fingerprint density at radius 1 is 1.07 bits per heavy atom. The van der Waals surface area contributed by atoms with Gasteiger partial charge < -0.3 is 4.74 Å². The summed E-state index contributed by atoms with van der Waals surface area (Å²) in [5.41, 5.74) is 7.81. The molecule has 0 bridgehead atoms. The van der Waals surface area contributed by atoms with E-state index in [9.17, 15) is 13.2 Å². The van der Waals surface area contributed by atoms with Gasteiger partial charge in [-0.3, -0.25) is 11.1 Å². The number of amides is 1. The molecule has 1 aliphatic rings. The van der Waals surface area contributed by atoms with Crippen molar-refractivity contribution in [1.82, 2.24) is 4.31 Å². The van der Waals surface area contributed by atoms with Crippen LogP contribution < -0.4 is 11.1 Å². The number of hydrogen-bond acceptors (Lipinski definition) is 5. The molecule has 162 valence electrons. The zero-order chi connectivity index (χ0) is 21.9. The first-order chi connectivity index (χ1) is 14.1. The van der Waals surface area contributed by atoms with E-state index in [1.807, 2.05) is 31.2 Å². The van der Waals surface area contributed by atoms with Crippen molar-refractivity contribution in [2.75, 3.05) is 18.4 Å². The van der Waals surface area contributed by atoms with Crippen molar-refractivity contribution in [2.24, 2.45) is 5.73 Å². The van der Waals surface area contributed by atoms with Crippen molar-refractivity contribution in [3.8, 4) is 0 Å². The van der Waals surface area contributed by atoms with Crippen LogP contribution in [0.25, 0.3) is 0 Å². The maximum absolute atomic E-state index is 12.8. The Morgan fingerprint density at radius 3 is 2.17 bits per heavy atom. The average Bonchev–Trinajstić information content (AvgIpc) is 2.68. The van der Waals surface area contributed by atoms with Crippen molar-refractivity contribution in [2.45, 2.75) is 50.2 Å². The van der Waals surface area contributed by atoms with Crippen LogP contribution in [-0.2, 0) is 14.8 Å². The molecule has 8 heteroatoms. The van der Waals surface area contributed by atoms with Gasteiger partial charge in [-0.05, 0) is 42.7 Å². The minimum Gasteiger partial charge on any atom is -0.428 e. The van der Waals surface area contributed by atoms with Crippen molar-refractivity contribution in [3.63, 3.8) is 0 Å². The standard InChI is InChI=1S/C22H29N3O4S/c1-16(2)18-6-8-19(9-7-18)24-21(26)29-22(23)12-14-25(15-13-22)30(27,28)20-10-4-17(3)5-11-20/h4-11,16H,12-15,23H2,1-3H3,(H,24,26). The maximum Gasteiger partial charge on any atom is 0.413 e.